The Hall–Kier alpha value is -1.73. The van der Waals surface area contributed by atoms with Crippen molar-refractivity contribution in [3.05, 3.63) is 47.6 Å². The number of benzene rings is 1. The zero-order valence-electron chi connectivity index (χ0n) is 11.5. The van der Waals surface area contributed by atoms with Crippen molar-refractivity contribution in [3.63, 3.8) is 0 Å². The van der Waals surface area contributed by atoms with Gasteiger partial charge in [-0.1, -0.05) is 35.5 Å². The second kappa shape index (κ2) is 5.57. The summed E-state index contributed by atoms with van der Waals surface area (Å²) < 4.78 is 28.2. The number of rotatable bonds is 4. The molecule has 1 aliphatic heterocycles. The molecule has 0 amide bonds. The molecule has 3 rings (SSSR count). The van der Waals surface area contributed by atoms with Crippen LogP contribution >= 0.6 is 0 Å². The van der Waals surface area contributed by atoms with Gasteiger partial charge < -0.3 is 10.3 Å². The van der Waals surface area contributed by atoms with Gasteiger partial charge in [-0.2, -0.15) is 4.98 Å². The van der Waals surface area contributed by atoms with Crippen molar-refractivity contribution in [2.75, 3.05) is 11.5 Å². The van der Waals surface area contributed by atoms with Gasteiger partial charge in [0.05, 0.1) is 17.5 Å². The summed E-state index contributed by atoms with van der Waals surface area (Å²) in [5.41, 5.74) is 7.17. The van der Waals surface area contributed by atoms with Crippen molar-refractivity contribution in [2.45, 2.75) is 24.8 Å². The largest absolute Gasteiger partial charge is 0.338 e. The minimum atomic E-state index is -2.96. The Bertz CT molecular complexity index is 712. The Morgan fingerprint density at radius 2 is 2.10 bits per heavy atom. The van der Waals surface area contributed by atoms with Gasteiger partial charge in [0.2, 0.25) is 5.89 Å². The van der Waals surface area contributed by atoms with E-state index in [0.29, 0.717) is 24.6 Å². The van der Waals surface area contributed by atoms with E-state index in [4.69, 9.17) is 10.3 Å². The maximum absolute atomic E-state index is 11.5. The third kappa shape index (κ3) is 3.30. The van der Waals surface area contributed by atoms with Crippen LogP contribution in [0, 0.1) is 0 Å². The fraction of sp³-hybridized carbons (Fsp3) is 0.429. The number of sulfone groups is 1. The summed E-state index contributed by atoms with van der Waals surface area (Å²) in [6.45, 7) is 0. The molecule has 0 saturated carbocycles. The van der Waals surface area contributed by atoms with E-state index in [0.717, 1.165) is 5.56 Å². The van der Waals surface area contributed by atoms with Gasteiger partial charge in [0.15, 0.2) is 15.7 Å². The summed E-state index contributed by atoms with van der Waals surface area (Å²) in [7, 11) is -2.96. The van der Waals surface area contributed by atoms with Gasteiger partial charge in [0.1, 0.15) is 0 Å². The van der Waals surface area contributed by atoms with E-state index in [2.05, 4.69) is 10.1 Å². The lowest BCUT2D eigenvalue weighted by atomic mass is 10.1. The van der Waals surface area contributed by atoms with E-state index >= 15 is 0 Å². The molecule has 6 nitrogen and oxygen atoms in total. The van der Waals surface area contributed by atoms with Crippen LogP contribution in [0.4, 0.5) is 0 Å². The van der Waals surface area contributed by atoms with Crippen molar-refractivity contribution < 1.29 is 12.9 Å². The van der Waals surface area contributed by atoms with Crippen LogP contribution in [0.2, 0.25) is 0 Å². The predicted octanol–water partition coefficient (Wildman–Crippen LogP) is 1.21. The molecule has 21 heavy (non-hydrogen) atoms. The normalized spacial score (nSPS) is 22.2. The molecule has 1 aromatic heterocycles. The molecule has 1 aliphatic rings. The molecule has 0 aliphatic carbocycles. The average Bonchev–Trinajstić information content (AvgIpc) is 3.06. The Morgan fingerprint density at radius 3 is 2.76 bits per heavy atom. The third-order valence-electron chi connectivity index (χ3n) is 3.67. The summed E-state index contributed by atoms with van der Waals surface area (Å²) >= 11 is 0. The molecule has 0 spiro atoms. The highest BCUT2D eigenvalue weighted by Gasteiger charge is 2.32. The van der Waals surface area contributed by atoms with Gasteiger partial charge in [-0.15, -0.1) is 0 Å². The van der Waals surface area contributed by atoms with Crippen molar-refractivity contribution in [1.82, 2.24) is 10.1 Å². The molecule has 1 saturated heterocycles. The van der Waals surface area contributed by atoms with Crippen LogP contribution in [0.1, 0.15) is 35.7 Å². The summed E-state index contributed by atoms with van der Waals surface area (Å²) in [5, 5.41) is 3.90. The maximum atomic E-state index is 11.5. The van der Waals surface area contributed by atoms with E-state index < -0.39 is 9.84 Å². The van der Waals surface area contributed by atoms with Crippen LogP contribution in [0.25, 0.3) is 0 Å². The molecule has 1 aromatic carbocycles. The first-order valence-electron chi connectivity index (χ1n) is 6.87. The Morgan fingerprint density at radius 1 is 1.33 bits per heavy atom. The van der Waals surface area contributed by atoms with E-state index in [-0.39, 0.29) is 23.5 Å². The van der Waals surface area contributed by atoms with Crippen molar-refractivity contribution in [1.29, 1.82) is 0 Å². The number of hydrogen-bond acceptors (Lipinski definition) is 6. The lowest BCUT2D eigenvalue weighted by Crippen LogP contribution is -2.14. The highest BCUT2D eigenvalue weighted by molar-refractivity contribution is 7.91. The van der Waals surface area contributed by atoms with E-state index in [1.807, 2.05) is 30.3 Å². The van der Waals surface area contributed by atoms with Crippen LogP contribution in [0.5, 0.6) is 0 Å². The van der Waals surface area contributed by atoms with E-state index in [9.17, 15) is 8.42 Å². The minimum absolute atomic E-state index is 0.0971. The highest BCUT2D eigenvalue weighted by atomic mass is 32.2. The first-order chi connectivity index (χ1) is 10.0. The summed E-state index contributed by atoms with van der Waals surface area (Å²) in [6, 6.07) is 9.43. The monoisotopic (exact) mass is 307 g/mol. The smallest absolute Gasteiger partial charge is 0.243 e. The molecular formula is C14H17N3O3S. The Balaban J connectivity index is 1.70. The molecule has 2 N–H and O–H groups in total. The lowest BCUT2D eigenvalue weighted by Gasteiger charge is -2.06. The van der Waals surface area contributed by atoms with Crippen LogP contribution in [0.3, 0.4) is 0 Å². The number of aromatic nitrogens is 2. The SMILES string of the molecule is NC(Cc1ccccc1)c1nc(C2CCS(=O)(=O)C2)no1. The molecule has 0 radical (unpaired) electrons. The highest BCUT2D eigenvalue weighted by Crippen LogP contribution is 2.27. The van der Waals surface area contributed by atoms with Gasteiger partial charge in [0.25, 0.3) is 0 Å². The van der Waals surface area contributed by atoms with Crippen LogP contribution in [-0.4, -0.2) is 30.1 Å². The molecule has 2 aromatic rings. The minimum Gasteiger partial charge on any atom is -0.338 e. The van der Waals surface area contributed by atoms with Gasteiger partial charge in [-0.25, -0.2) is 8.42 Å². The molecule has 1 fully saturated rings. The quantitative estimate of drug-likeness (QED) is 0.911. The fourth-order valence-electron chi connectivity index (χ4n) is 2.52. The summed E-state index contributed by atoms with van der Waals surface area (Å²) in [4.78, 5) is 4.29. The standard InChI is InChI=1S/C14H17N3O3S/c15-12(8-10-4-2-1-3-5-10)14-16-13(17-20-14)11-6-7-21(18,19)9-11/h1-5,11-12H,6-9,15H2. The van der Waals surface area contributed by atoms with Crippen LogP contribution in [-0.2, 0) is 16.3 Å². The zero-order valence-corrected chi connectivity index (χ0v) is 12.3. The van der Waals surface area contributed by atoms with Gasteiger partial charge >= 0.3 is 0 Å². The predicted molar refractivity (Wildman–Crippen MR) is 77.4 cm³/mol. The molecule has 2 atom stereocenters. The second-order valence-electron chi connectivity index (χ2n) is 5.39. The van der Waals surface area contributed by atoms with Crippen molar-refractivity contribution in [3.8, 4) is 0 Å². The molecule has 2 heterocycles. The van der Waals surface area contributed by atoms with Crippen molar-refractivity contribution >= 4 is 9.84 Å². The summed E-state index contributed by atoms with van der Waals surface area (Å²) in [6.07, 6.45) is 1.15. The molecule has 7 heteroatoms. The first kappa shape index (κ1) is 14.2. The number of nitrogens with two attached hydrogens (primary N) is 1. The van der Waals surface area contributed by atoms with Gasteiger partial charge in [0, 0.05) is 5.92 Å². The average molecular weight is 307 g/mol. The Labute approximate surface area is 123 Å². The molecule has 112 valence electrons. The van der Waals surface area contributed by atoms with E-state index in [1.54, 1.807) is 0 Å². The van der Waals surface area contributed by atoms with Gasteiger partial charge in [-0.3, -0.25) is 0 Å². The molecule has 0 bridgehead atoms. The lowest BCUT2D eigenvalue weighted by molar-refractivity contribution is 0.348. The van der Waals surface area contributed by atoms with Crippen LogP contribution in [0.15, 0.2) is 34.9 Å². The number of hydrogen-bond donors (Lipinski definition) is 1. The third-order valence-corrected chi connectivity index (χ3v) is 5.44. The summed E-state index contributed by atoms with van der Waals surface area (Å²) in [5.74, 6) is 0.932. The molecule has 2 unspecified atom stereocenters. The van der Waals surface area contributed by atoms with E-state index in [1.165, 1.54) is 0 Å². The van der Waals surface area contributed by atoms with Crippen molar-refractivity contribution in [2.24, 2.45) is 5.73 Å². The second-order valence-corrected chi connectivity index (χ2v) is 7.62. The zero-order chi connectivity index (χ0) is 14.9. The van der Waals surface area contributed by atoms with Gasteiger partial charge in [-0.05, 0) is 18.4 Å². The maximum Gasteiger partial charge on any atom is 0.243 e. The Kier molecular flexibility index (Phi) is 3.77. The fourth-order valence-corrected chi connectivity index (χ4v) is 4.26. The topological polar surface area (TPSA) is 99.1 Å². The number of nitrogens with zero attached hydrogens (tertiary/aromatic N) is 2. The van der Waals surface area contributed by atoms with Crippen LogP contribution < -0.4 is 5.73 Å². The first-order valence-corrected chi connectivity index (χ1v) is 8.69. The molecular weight excluding hydrogens is 290 g/mol.